The van der Waals surface area contributed by atoms with Gasteiger partial charge in [-0.05, 0) is 57.7 Å². The topological polar surface area (TPSA) is 29.1 Å². The lowest BCUT2D eigenvalue weighted by molar-refractivity contribution is -0.116. The predicted molar refractivity (Wildman–Crippen MR) is 57.1 cm³/mol. The van der Waals surface area contributed by atoms with E-state index in [0.717, 1.165) is 25.1 Å². The van der Waals surface area contributed by atoms with E-state index in [0.29, 0.717) is 17.1 Å². The minimum atomic E-state index is 0.347. The van der Waals surface area contributed by atoms with E-state index in [-0.39, 0.29) is 0 Å². The van der Waals surface area contributed by atoms with Gasteiger partial charge in [-0.3, -0.25) is 4.79 Å². The molecule has 0 aromatic carbocycles. The van der Waals surface area contributed by atoms with E-state index in [4.69, 9.17) is 0 Å². The standard InChI is InChI=1S/C12H19NO/c1-9(2)7-11(14)10-8-12(10)3-5-13-6-4-12/h7,10,13H,3-6,8H2,1-2H3. The molecule has 1 saturated heterocycles. The second-order valence-corrected chi connectivity index (χ2v) is 4.99. The summed E-state index contributed by atoms with van der Waals surface area (Å²) >= 11 is 0. The lowest BCUT2D eigenvalue weighted by atomic mass is 9.90. The Morgan fingerprint density at radius 1 is 1.36 bits per heavy atom. The Morgan fingerprint density at radius 3 is 2.57 bits per heavy atom. The van der Waals surface area contributed by atoms with E-state index in [1.54, 1.807) is 0 Å². The Balaban J connectivity index is 1.97. The van der Waals surface area contributed by atoms with Gasteiger partial charge in [0.05, 0.1) is 0 Å². The Bertz CT molecular complexity index is 270. The molecule has 2 aliphatic rings. The molecular weight excluding hydrogens is 174 g/mol. The van der Waals surface area contributed by atoms with Crippen LogP contribution in [0.2, 0.25) is 0 Å². The normalized spacial score (nSPS) is 28.6. The second kappa shape index (κ2) is 3.50. The van der Waals surface area contributed by atoms with E-state index < -0.39 is 0 Å². The molecule has 14 heavy (non-hydrogen) atoms. The van der Waals surface area contributed by atoms with Gasteiger partial charge < -0.3 is 5.32 Å². The van der Waals surface area contributed by atoms with Crippen LogP contribution in [0.4, 0.5) is 0 Å². The third-order valence-corrected chi connectivity index (χ3v) is 3.56. The van der Waals surface area contributed by atoms with Crippen LogP contribution in [0.1, 0.15) is 33.1 Å². The molecule has 1 saturated carbocycles. The van der Waals surface area contributed by atoms with Crippen molar-refractivity contribution in [1.82, 2.24) is 5.32 Å². The number of nitrogens with one attached hydrogen (secondary N) is 1. The Hall–Kier alpha value is -0.630. The average Bonchev–Trinajstić information content (AvgIpc) is 2.80. The highest BCUT2D eigenvalue weighted by Crippen LogP contribution is 2.59. The van der Waals surface area contributed by atoms with Gasteiger partial charge in [0.25, 0.3) is 0 Å². The summed E-state index contributed by atoms with van der Waals surface area (Å²) in [7, 11) is 0. The zero-order chi connectivity index (χ0) is 10.2. The molecule has 0 aromatic heterocycles. The quantitative estimate of drug-likeness (QED) is 0.679. The smallest absolute Gasteiger partial charge is 0.159 e. The van der Waals surface area contributed by atoms with Crippen LogP contribution in [0.5, 0.6) is 0 Å². The Morgan fingerprint density at radius 2 is 2.00 bits per heavy atom. The highest BCUT2D eigenvalue weighted by Gasteiger charge is 2.56. The van der Waals surface area contributed by atoms with E-state index >= 15 is 0 Å². The molecule has 1 aliphatic heterocycles. The summed E-state index contributed by atoms with van der Waals surface area (Å²) < 4.78 is 0. The van der Waals surface area contributed by atoms with Gasteiger partial charge in [0, 0.05) is 5.92 Å². The lowest BCUT2D eigenvalue weighted by Gasteiger charge is -2.22. The van der Waals surface area contributed by atoms with E-state index in [2.05, 4.69) is 5.32 Å². The first-order chi connectivity index (χ1) is 6.64. The number of piperidine rings is 1. The van der Waals surface area contributed by atoms with Crippen molar-refractivity contribution >= 4 is 5.78 Å². The van der Waals surface area contributed by atoms with Crippen molar-refractivity contribution in [3.05, 3.63) is 11.6 Å². The van der Waals surface area contributed by atoms with Crippen LogP contribution < -0.4 is 5.32 Å². The molecule has 2 heteroatoms. The summed E-state index contributed by atoms with van der Waals surface area (Å²) in [5.41, 5.74) is 1.53. The third kappa shape index (κ3) is 1.76. The molecule has 2 rings (SSSR count). The summed E-state index contributed by atoms with van der Waals surface area (Å²) in [5, 5.41) is 3.35. The number of hydrogen-bond acceptors (Lipinski definition) is 2. The van der Waals surface area contributed by atoms with Gasteiger partial charge in [0.15, 0.2) is 5.78 Å². The van der Waals surface area contributed by atoms with E-state index in [1.165, 1.54) is 12.8 Å². The number of carbonyl (C=O) groups is 1. The minimum Gasteiger partial charge on any atom is -0.317 e. The average molecular weight is 193 g/mol. The van der Waals surface area contributed by atoms with Gasteiger partial charge in [0.2, 0.25) is 0 Å². The fourth-order valence-electron chi connectivity index (χ4n) is 2.61. The largest absolute Gasteiger partial charge is 0.317 e. The molecule has 1 aliphatic carbocycles. The van der Waals surface area contributed by atoms with E-state index in [1.807, 2.05) is 19.9 Å². The summed E-state index contributed by atoms with van der Waals surface area (Å²) in [6.07, 6.45) is 5.35. The van der Waals surface area contributed by atoms with Crippen LogP contribution in [-0.4, -0.2) is 18.9 Å². The number of hydrogen-bond donors (Lipinski definition) is 1. The van der Waals surface area contributed by atoms with E-state index in [9.17, 15) is 4.79 Å². The zero-order valence-electron chi connectivity index (χ0n) is 9.10. The first-order valence-electron chi connectivity index (χ1n) is 5.53. The van der Waals surface area contributed by atoms with Crippen molar-refractivity contribution < 1.29 is 4.79 Å². The number of ketones is 1. The molecule has 2 nitrogen and oxygen atoms in total. The fraction of sp³-hybridized carbons (Fsp3) is 0.750. The van der Waals surface area contributed by atoms with Crippen LogP contribution in [0.25, 0.3) is 0 Å². The number of carbonyl (C=O) groups excluding carboxylic acids is 1. The molecule has 0 bridgehead atoms. The van der Waals surface area contributed by atoms with Crippen LogP contribution in [0.3, 0.4) is 0 Å². The Labute approximate surface area is 85.8 Å². The second-order valence-electron chi connectivity index (χ2n) is 4.99. The predicted octanol–water partition coefficient (Wildman–Crippen LogP) is 1.91. The van der Waals surface area contributed by atoms with Gasteiger partial charge in [-0.15, -0.1) is 0 Å². The highest BCUT2D eigenvalue weighted by atomic mass is 16.1. The van der Waals surface area contributed by atoms with Gasteiger partial charge >= 0.3 is 0 Å². The molecule has 0 amide bonds. The molecule has 2 fully saturated rings. The van der Waals surface area contributed by atoms with Crippen molar-refractivity contribution in [2.24, 2.45) is 11.3 Å². The molecule has 1 heterocycles. The monoisotopic (exact) mass is 193 g/mol. The zero-order valence-corrected chi connectivity index (χ0v) is 9.10. The Kier molecular flexibility index (Phi) is 2.48. The van der Waals surface area contributed by atoms with Gasteiger partial charge in [-0.1, -0.05) is 5.57 Å². The summed E-state index contributed by atoms with van der Waals surface area (Å²) in [4.78, 5) is 11.8. The first-order valence-corrected chi connectivity index (χ1v) is 5.53. The number of allylic oxidation sites excluding steroid dienone is 2. The van der Waals surface area contributed by atoms with Gasteiger partial charge in [0.1, 0.15) is 0 Å². The van der Waals surface area contributed by atoms with Crippen LogP contribution in [-0.2, 0) is 4.79 Å². The van der Waals surface area contributed by atoms with Crippen LogP contribution >= 0.6 is 0 Å². The third-order valence-electron chi connectivity index (χ3n) is 3.56. The van der Waals surface area contributed by atoms with Crippen molar-refractivity contribution in [3.8, 4) is 0 Å². The van der Waals surface area contributed by atoms with Crippen LogP contribution in [0, 0.1) is 11.3 Å². The maximum Gasteiger partial charge on any atom is 0.159 e. The molecule has 78 valence electrons. The summed E-state index contributed by atoms with van der Waals surface area (Å²) in [5.74, 6) is 0.714. The fourth-order valence-corrected chi connectivity index (χ4v) is 2.61. The minimum absolute atomic E-state index is 0.347. The molecular formula is C12H19NO. The molecule has 1 N–H and O–H groups in total. The van der Waals surface area contributed by atoms with Crippen LogP contribution in [0.15, 0.2) is 11.6 Å². The molecule has 1 unspecified atom stereocenters. The molecule has 1 spiro atoms. The summed E-state index contributed by atoms with van der Waals surface area (Å²) in [6.45, 7) is 6.18. The summed E-state index contributed by atoms with van der Waals surface area (Å²) in [6, 6.07) is 0. The van der Waals surface area contributed by atoms with Crippen molar-refractivity contribution in [1.29, 1.82) is 0 Å². The highest BCUT2D eigenvalue weighted by molar-refractivity contribution is 5.95. The van der Waals surface area contributed by atoms with Gasteiger partial charge in [-0.25, -0.2) is 0 Å². The number of rotatable bonds is 2. The first kappa shape index (κ1) is 9.91. The van der Waals surface area contributed by atoms with Crippen molar-refractivity contribution in [3.63, 3.8) is 0 Å². The lowest BCUT2D eigenvalue weighted by Crippen LogP contribution is -2.30. The molecule has 0 radical (unpaired) electrons. The van der Waals surface area contributed by atoms with Crippen molar-refractivity contribution in [2.45, 2.75) is 33.1 Å². The van der Waals surface area contributed by atoms with Gasteiger partial charge in [-0.2, -0.15) is 0 Å². The SMILES string of the molecule is CC(C)=CC(=O)C1CC12CCNCC2. The maximum atomic E-state index is 11.8. The molecule has 1 atom stereocenters. The molecule has 0 aromatic rings. The van der Waals surface area contributed by atoms with Crippen molar-refractivity contribution in [2.75, 3.05) is 13.1 Å². The maximum absolute atomic E-state index is 11.8.